The molecule has 0 aliphatic rings. The fourth-order valence-electron chi connectivity index (χ4n) is 1.68. The highest BCUT2D eigenvalue weighted by molar-refractivity contribution is 9.10. The van der Waals surface area contributed by atoms with Crippen LogP contribution >= 0.6 is 28.1 Å². The van der Waals surface area contributed by atoms with Crippen LogP contribution in [0.2, 0.25) is 0 Å². The van der Waals surface area contributed by atoms with Crippen LogP contribution in [0.4, 0.5) is 17.2 Å². The first-order valence-corrected chi connectivity index (χ1v) is 7.35. The standard InChI is InChI=1S/C13H11BrN4O4S/c1-22-11-5-8(18(20)21)2-3-9(11)16-13(23)17-12-10(19)4-7(14)6-15-12/h2-6,19H,1H3,(H2,15,16,17,23). The van der Waals surface area contributed by atoms with Gasteiger partial charge in [0.1, 0.15) is 5.75 Å². The van der Waals surface area contributed by atoms with Gasteiger partial charge in [0.25, 0.3) is 5.69 Å². The summed E-state index contributed by atoms with van der Waals surface area (Å²) in [7, 11) is 1.39. The Kier molecular flexibility index (Phi) is 5.29. The number of hydrogen-bond donors (Lipinski definition) is 3. The summed E-state index contributed by atoms with van der Waals surface area (Å²) in [5.74, 6) is 0.349. The molecule has 0 radical (unpaired) electrons. The molecule has 120 valence electrons. The van der Waals surface area contributed by atoms with Crippen LogP contribution in [0.25, 0.3) is 0 Å². The first kappa shape index (κ1) is 16.9. The molecule has 0 unspecified atom stereocenters. The molecule has 2 aromatic rings. The van der Waals surface area contributed by atoms with E-state index >= 15 is 0 Å². The third-order valence-electron chi connectivity index (χ3n) is 2.71. The van der Waals surface area contributed by atoms with Crippen molar-refractivity contribution < 1.29 is 14.8 Å². The molecule has 0 fully saturated rings. The van der Waals surface area contributed by atoms with Crippen molar-refractivity contribution in [3.63, 3.8) is 0 Å². The van der Waals surface area contributed by atoms with Gasteiger partial charge in [0.2, 0.25) is 0 Å². The van der Waals surface area contributed by atoms with Crippen molar-refractivity contribution in [2.24, 2.45) is 0 Å². The van der Waals surface area contributed by atoms with E-state index < -0.39 is 4.92 Å². The minimum Gasteiger partial charge on any atom is -0.504 e. The summed E-state index contributed by atoms with van der Waals surface area (Å²) in [4.78, 5) is 14.2. The zero-order valence-corrected chi connectivity index (χ0v) is 14.1. The largest absolute Gasteiger partial charge is 0.504 e. The molecule has 0 saturated carbocycles. The normalized spacial score (nSPS) is 10.0. The summed E-state index contributed by atoms with van der Waals surface area (Å²) in [6.45, 7) is 0. The maximum atomic E-state index is 10.8. The minimum absolute atomic E-state index is 0.0841. The van der Waals surface area contributed by atoms with Gasteiger partial charge in [0, 0.05) is 16.7 Å². The summed E-state index contributed by atoms with van der Waals surface area (Å²) in [5.41, 5.74) is 0.339. The smallest absolute Gasteiger partial charge is 0.273 e. The van der Waals surface area contributed by atoms with Gasteiger partial charge in [-0.25, -0.2) is 4.98 Å². The number of aromatic nitrogens is 1. The van der Waals surface area contributed by atoms with Gasteiger partial charge in [-0.3, -0.25) is 10.1 Å². The zero-order chi connectivity index (χ0) is 17.0. The Labute approximate surface area is 144 Å². The molecule has 0 atom stereocenters. The molecule has 3 N–H and O–H groups in total. The van der Waals surface area contributed by atoms with Gasteiger partial charge < -0.3 is 20.5 Å². The van der Waals surface area contributed by atoms with Crippen molar-refractivity contribution >= 4 is 50.5 Å². The van der Waals surface area contributed by atoms with Gasteiger partial charge in [-0.2, -0.15) is 0 Å². The second-order valence-corrected chi connectivity index (χ2v) is 5.57. The topological polar surface area (TPSA) is 110 Å². The van der Waals surface area contributed by atoms with Crippen molar-refractivity contribution in [3.8, 4) is 11.5 Å². The Bertz CT molecular complexity index is 772. The van der Waals surface area contributed by atoms with Crippen LogP contribution < -0.4 is 15.4 Å². The highest BCUT2D eigenvalue weighted by Crippen LogP contribution is 2.29. The van der Waals surface area contributed by atoms with E-state index in [0.717, 1.165) is 0 Å². The van der Waals surface area contributed by atoms with Crippen molar-refractivity contribution in [2.75, 3.05) is 17.7 Å². The molecule has 8 nitrogen and oxygen atoms in total. The number of aromatic hydroxyl groups is 1. The van der Waals surface area contributed by atoms with Crippen LogP contribution in [0.15, 0.2) is 34.9 Å². The molecule has 1 aromatic carbocycles. The molecule has 0 aliphatic carbocycles. The van der Waals surface area contributed by atoms with Gasteiger partial charge in [0.05, 0.1) is 23.8 Å². The summed E-state index contributed by atoms with van der Waals surface area (Å²) < 4.78 is 5.72. The van der Waals surface area contributed by atoms with Gasteiger partial charge in [-0.15, -0.1) is 0 Å². The quantitative estimate of drug-likeness (QED) is 0.408. The summed E-state index contributed by atoms with van der Waals surface area (Å²) in [6.07, 6.45) is 1.50. The average molecular weight is 399 g/mol. The number of hydrogen-bond acceptors (Lipinski definition) is 6. The van der Waals surface area contributed by atoms with E-state index in [1.165, 1.54) is 37.6 Å². The summed E-state index contributed by atoms with van der Waals surface area (Å²) in [6, 6.07) is 5.54. The maximum Gasteiger partial charge on any atom is 0.273 e. The number of nitro groups is 1. The number of non-ortho nitro benzene ring substituents is 1. The Morgan fingerprint density at radius 3 is 2.78 bits per heavy atom. The number of anilines is 2. The molecule has 10 heteroatoms. The number of halogens is 1. The third kappa shape index (κ3) is 4.27. The molecule has 1 aromatic heterocycles. The number of ether oxygens (including phenoxy) is 1. The summed E-state index contributed by atoms with van der Waals surface area (Å²) >= 11 is 8.31. The molecule has 0 spiro atoms. The van der Waals surface area contributed by atoms with Gasteiger partial charge in [0.15, 0.2) is 16.7 Å². The third-order valence-corrected chi connectivity index (χ3v) is 3.35. The van der Waals surface area contributed by atoms with Crippen LogP contribution in [-0.4, -0.2) is 27.2 Å². The zero-order valence-electron chi connectivity index (χ0n) is 11.7. The second kappa shape index (κ2) is 7.20. The van der Waals surface area contributed by atoms with Crippen LogP contribution in [0.5, 0.6) is 11.5 Å². The molecule has 0 aliphatic heterocycles. The number of nitrogens with zero attached hydrogens (tertiary/aromatic N) is 2. The Morgan fingerprint density at radius 2 is 2.17 bits per heavy atom. The molecule has 0 bridgehead atoms. The number of nitrogens with one attached hydrogen (secondary N) is 2. The van der Waals surface area contributed by atoms with Gasteiger partial charge in [-0.05, 0) is 40.3 Å². The molecular weight excluding hydrogens is 388 g/mol. The maximum absolute atomic E-state index is 10.8. The van der Waals surface area contributed by atoms with Crippen LogP contribution in [0, 0.1) is 10.1 Å². The molecule has 1 heterocycles. The lowest BCUT2D eigenvalue weighted by Crippen LogP contribution is -2.20. The number of nitro benzene ring substituents is 1. The van der Waals surface area contributed by atoms with E-state index in [1.807, 2.05) is 0 Å². The van der Waals surface area contributed by atoms with E-state index in [2.05, 4.69) is 31.5 Å². The van der Waals surface area contributed by atoms with Crippen LogP contribution in [-0.2, 0) is 0 Å². The predicted octanol–water partition coefficient (Wildman–Crippen LogP) is 3.28. The fourth-order valence-corrected chi connectivity index (χ4v) is 2.21. The van der Waals surface area contributed by atoms with E-state index in [-0.39, 0.29) is 28.1 Å². The van der Waals surface area contributed by atoms with Crippen molar-refractivity contribution in [1.82, 2.24) is 4.98 Å². The number of pyridine rings is 1. The van der Waals surface area contributed by atoms with Gasteiger partial charge in [-0.1, -0.05) is 0 Å². The summed E-state index contributed by atoms with van der Waals surface area (Å²) in [5, 5.41) is 26.2. The van der Waals surface area contributed by atoms with E-state index in [1.54, 1.807) is 0 Å². The minimum atomic E-state index is -0.521. The second-order valence-electron chi connectivity index (χ2n) is 4.24. The predicted molar refractivity (Wildman–Crippen MR) is 93.1 cm³/mol. The van der Waals surface area contributed by atoms with E-state index in [4.69, 9.17) is 17.0 Å². The van der Waals surface area contributed by atoms with Crippen molar-refractivity contribution in [2.45, 2.75) is 0 Å². The number of thiocarbonyl (C=S) groups is 1. The van der Waals surface area contributed by atoms with Crippen molar-refractivity contribution in [3.05, 3.63) is 45.0 Å². The lowest BCUT2D eigenvalue weighted by molar-refractivity contribution is -0.384. The highest BCUT2D eigenvalue weighted by atomic mass is 79.9. The monoisotopic (exact) mass is 398 g/mol. The molecule has 2 rings (SSSR count). The van der Waals surface area contributed by atoms with Crippen LogP contribution in [0.1, 0.15) is 0 Å². The Hall–Kier alpha value is -2.46. The lowest BCUT2D eigenvalue weighted by atomic mass is 10.2. The average Bonchev–Trinajstić information content (AvgIpc) is 2.50. The number of methoxy groups -OCH3 is 1. The fraction of sp³-hybridized carbons (Fsp3) is 0.0769. The Balaban J connectivity index is 2.15. The number of rotatable bonds is 4. The number of benzene rings is 1. The first-order valence-electron chi connectivity index (χ1n) is 6.15. The lowest BCUT2D eigenvalue weighted by Gasteiger charge is -2.13. The molecule has 0 saturated heterocycles. The molecule has 23 heavy (non-hydrogen) atoms. The van der Waals surface area contributed by atoms with Crippen LogP contribution in [0.3, 0.4) is 0 Å². The van der Waals surface area contributed by atoms with Crippen molar-refractivity contribution in [1.29, 1.82) is 0 Å². The highest BCUT2D eigenvalue weighted by Gasteiger charge is 2.13. The van der Waals surface area contributed by atoms with E-state index in [0.29, 0.717) is 10.2 Å². The van der Waals surface area contributed by atoms with E-state index in [9.17, 15) is 15.2 Å². The van der Waals surface area contributed by atoms with Gasteiger partial charge >= 0.3 is 0 Å². The molecule has 0 amide bonds. The Morgan fingerprint density at radius 1 is 1.43 bits per heavy atom. The first-order chi connectivity index (χ1) is 10.9. The molecular formula is C13H11BrN4O4S. The SMILES string of the molecule is COc1cc([N+](=O)[O-])ccc1NC(=S)Nc1ncc(Br)cc1O.